The molecule has 0 unspecified atom stereocenters. The lowest BCUT2D eigenvalue weighted by Gasteiger charge is -2.40. The molecule has 5 aliphatic rings. The second-order valence-corrected chi connectivity index (χ2v) is 14.4. The van der Waals surface area contributed by atoms with Gasteiger partial charge in [-0.2, -0.15) is 15.2 Å². The number of rotatable bonds is 4. The maximum Gasteiger partial charge on any atom is 0.319 e. The molecule has 45 heavy (non-hydrogen) atoms. The van der Waals surface area contributed by atoms with E-state index < -0.39 is 11.6 Å². The quantitative estimate of drug-likeness (QED) is 0.292. The number of aromatic nitrogens is 2. The molecule has 0 saturated carbocycles. The Morgan fingerprint density at radius 1 is 1.18 bits per heavy atom. The number of thiophene rings is 1. The topological polar surface area (TPSA) is 113 Å². The summed E-state index contributed by atoms with van der Waals surface area (Å²) in [5.41, 5.74) is 5.74. The number of nitrogens with one attached hydrogen (secondary N) is 1. The number of nitrogens with two attached hydrogens (primary N) is 1. The average Bonchev–Trinajstić information content (AvgIpc) is 3.77. The van der Waals surface area contributed by atoms with Gasteiger partial charge in [0.15, 0.2) is 11.6 Å². The van der Waals surface area contributed by atoms with Crippen LogP contribution in [-0.4, -0.2) is 71.4 Å². The van der Waals surface area contributed by atoms with Crippen LogP contribution in [0.3, 0.4) is 0 Å². The molecule has 13 heteroatoms. The molecule has 4 aromatic rings. The molecule has 2 aromatic heterocycles. The summed E-state index contributed by atoms with van der Waals surface area (Å²) in [6.45, 7) is 3.44. The maximum atomic E-state index is 17.1. The first-order valence-corrected chi connectivity index (χ1v) is 16.7. The van der Waals surface area contributed by atoms with E-state index in [2.05, 4.69) is 26.2 Å². The number of hydrogen-bond donors (Lipinski definition) is 2. The highest BCUT2D eigenvalue weighted by atomic mass is 35.5. The summed E-state index contributed by atoms with van der Waals surface area (Å²) < 4.78 is 46.3. The average molecular weight is 650 g/mol. The van der Waals surface area contributed by atoms with Gasteiger partial charge >= 0.3 is 6.01 Å². The summed E-state index contributed by atoms with van der Waals surface area (Å²) in [7, 11) is 0. The number of nitrogens with zero attached hydrogens (tertiary/aromatic N) is 5. The molecule has 5 aliphatic heterocycles. The molecule has 3 atom stereocenters. The number of anilines is 2. The van der Waals surface area contributed by atoms with Crippen molar-refractivity contribution in [2.24, 2.45) is 0 Å². The van der Waals surface area contributed by atoms with Crippen LogP contribution in [0.25, 0.3) is 32.1 Å². The standard InChI is InChI=1S/C32H30ClF2N7O2S/c33-25-23(22-17(34)4-6-20-21(22)16(11-36)29(37)45-20)26(35)27-24-28(25)43-13-19-18-5-3-15(38-18)12-42(19)30(24)40-31(39-27)44-14-32-7-1-9-41(32)10-2-8-32/h4,6,15,18-19,38H,1-3,5,7-10,12-14,37H2/t15-,18+,19+/m0/s1. The first-order chi connectivity index (χ1) is 21.9. The monoisotopic (exact) mass is 649 g/mol. The summed E-state index contributed by atoms with van der Waals surface area (Å²) in [6.07, 6.45) is 6.32. The Bertz CT molecular complexity index is 1950. The summed E-state index contributed by atoms with van der Waals surface area (Å²) in [6, 6.07) is 5.28. The lowest BCUT2D eigenvalue weighted by Crippen LogP contribution is -2.60. The Morgan fingerprint density at radius 2 is 2.00 bits per heavy atom. The van der Waals surface area contributed by atoms with Crippen molar-refractivity contribution < 1.29 is 18.3 Å². The van der Waals surface area contributed by atoms with Gasteiger partial charge in [0, 0.05) is 39.8 Å². The Labute approximate surface area is 266 Å². The van der Waals surface area contributed by atoms with E-state index in [0.29, 0.717) is 29.1 Å². The second-order valence-electron chi connectivity index (χ2n) is 12.9. The molecule has 9 rings (SSSR count). The number of benzene rings is 2. The van der Waals surface area contributed by atoms with Crippen molar-refractivity contribution in [3.8, 4) is 29.0 Å². The molecule has 4 saturated heterocycles. The smallest absolute Gasteiger partial charge is 0.319 e. The molecule has 0 amide bonds. The van der Waals surface area contributed by atoms with Gasteiger partial charge in [-0.3, -0.25) is 4.90 Å². The molecule has 9 nitrogen and oxygen atoms in total. The van der Waals surface area contributed by atoms with E-state index in [1.807, 2.05) is 0 Å². The zero-order valence-corrected chi connectivity index (χ0v) is 25.9. The molecular formula is C32H30ClF2N7O2S. The molecule has 2 bridgehead atoms. The predicted molar refractivity (Wildman–Crippen MR) is 169 cm³/mol. The van der Waals surface area contributed by atoms with Crippen LogP contribution in [0.15, 0.2) is 12.1 Å². The zero-order valence-electron chi connectivity index (χ0n) is 24.3. The highest BCUT2D eigenvalue weighted by Crippen LogP contribution is 2.52. The number of hydrogen-bond acceptors (Lipinski definition) is 10. The van der Waals surface area contributed by atoms with Crippen LogP contribution < -0.4 is 25.4 Å². The van der Waals surface area contributed by atoms with E-state index >= 15 is 8.78 Å². The fourth-order valence-electron chi connectivity index (χ4n) is 8.57. The normalized spacial score (nSPS) is 24.8. The summed E-state index contributed by atoms with van der Waals surface area (Å²) >= 11 is 8.18. The van der Waals surface area contributed by atoms with Crippen LogP contribution in [0, 0.1) is 23.0 Å². The van der Waals surface area contributed by atoms with Crippen molar-refractivity contribution in [3.63, 3.8) is 0 Å². The van der Waals surface area contributed by atoms with Gasteiger partial charge in [0.05, 0.1) is 27.6 Å². The summed E-state index contributed by atoms with van der Waals surface area (Å²) in [5.74, 6) is -0.843. The minimum Gasteiger partial charge on any atom is -0.489 e. The van der Waals surface area contributed by atoms with E-state index in [4.69, 9.17) is 31.8 Å². The number of nitriles is 1. The molecule has 0 aliphatic carbocycles. The second kappa shape index (κ2) is 10.00. The Balaban J connectivity index is 1.28. The number of ether oxygens (including phenoxy) is 2. The van der Waals surface area contributed by atoms with Gasteiger partial charge < -0.3 is 25.4 Å². The first kappa shape index (κ1) is 27.8. The van der Waals surface area contributed by atoms with Crippen molar-refractivity contribution >= 4 is 54.7 Å². The summed E-state index contributed by atoms with van der Waals surface area (Å²) in [4.78, 5) is 14.3. The van der Waals surface area contributed by atoms with Crippen molar-refractivity contribution in [2.45, 2.75) is 62.2 Å². The van der Waals surface area contributed by atoms with E-state index in [0.717, 1.165) is 63.0 Å². The van der Waals surface area contributed by atoms with Gasteiger partial charge in [-0.05, 0) is 63.7 Å². The van der Waals surface area contributed by atoms with Crippen LogP contribution in [-0.2, 0) is 0 Å². The number of halogens is 3. The highest BCUT2D eigenvalue weighted by Gasteiger charge is 2.46. The minimum atomic E-state index is -0.825. The van der Waals surface area contributed by atoms with Gasteiger partial charge in [-0.25, -0.2) is 8.78 Å². The third kappa shape index (κ3) is 3.94. The zero-order chi connectivity index (χ0) is 30.6. The van der Waals surface area contributed by atoms with Crippen LogP contribution in [0.5, 0.6) is 11.8 Å². The largest absolute Gasteiger partial charge is 0.489 e. The highest BCUT2D eigenvalue weighted by molar-refractivity contribution is 7.23. The van der Waals surface area contributed by atoms with Crippen molar-refractivity contribution in [3.05, 3.63) is 34.4 Å². The van der Waals surface area contributed by atoms with Crippen LogP contribution in [0.1, 0.15) is 44.1 Å². The molecule has 7 heterocycles. The van der Waals surface area contributed by atoms with E-state index in [1.165, 1.54) is 12.1 Å². The molecule has 0 radical (unpaired) electrons. The maximum absolute atomic E-state index is 17.1. The third-order valence-electron chi connectivity index (χ3n) is 10.6. The molecule has 2 aromatic carbocycles. The van der Waals surface area contributed by atoms with Gasteiger partial charge in [0.1, 0.15) is 41.4 Å². The van der Waals surface area contributed by atoms with Gasteiger partial charge in [-0.1, -0.05) is 11.6 Å². The van der Waals surface area contributed by atoms with Gasteiger partial charge in [0.2, 0.25) is 0 Å². The fraction of sp³-hybridized carbons (Fsp3) is 0.469. The van der Waals surface area contributed by atoms with Crippen molar-refractivity contribution in [2.75, 3.05) is 43.5 Å². The van der Waals surface area contributed by atoms with E-state index in [1.54, 1.807) is 0 Å². The number of fused-ring (bicyclic) bond motifs is 7. The third-order valence-corrected chi connectivity index (χ3v) is 12.0. The number of piperazine rings is 1. The lowest BCUT2D eigenvalue weighted by atomic mass is 9.95. The van der Waals surface area contributed by atoms with Crippen LogP contribution in [0.2, 0.25) is 5.02 Å². The first-order valence-electron chi connectivity index (χ1n) is 15.5. The molecule has 4 fully saturated rings. The molecule has 0 spiro atoms. The minimum absolute atomic E-state index is 0.0544. The predicted octanol–water partition coefficient (Wildman–Crippen LogP) is 5.61. The number of nitrogen functional groups attached to an aromatic ring is 1. The van der Waals surface area contributed by atoms with Crippen LogP contribution >= 0.6 is 22.9 Å². The van der Waals surface area contributed by atoms with Gasteiger partial charge in [0.25, 0.3) is 0 Å². The Hall–Kier alpha value is -3.50. The van der Waals surface area contributed by atoms with Crippen LogP contribution in [0.4, 0.5) is 19.6 Å². The molecular weight excluding hydrogens is 620 g/mol. The Morgan fingerprint density at radius 3 is 2.80 bits per heavy atom. The van der Waals surface area contributed by atoms with E-state index in [9.17, 15) is 5.26 Å². The van der Waals surface area contributed by atoms with Crippen molar-refractivity contribution in [1.82, 2.24) is 20.2 Å². The van der Waals surface area contributed by atoms with Crippen molar-refractivity contribution in [1.29, 1.82) is 5.26 Å². The molecule has 232 valence electrons. The fourth-order valence-corrected chi connectivity index (χ4v) is 9.82. The van der Waals surface area contributed by atoms with Gasteiger partial charge in [-0.15, -0.1) is 11.3 Å². The summed E-state index contributed by atoms with van der Waals surface area (Å²) in [5, 5.41) is 14.3. The van der Waals surface area contributed by atoms with E-state index in [-0.39, 0.29) is 79.6 Å². The SMILES string of the molecule is N#Cc1c(N)sc2ccc(F)c(-c3c(Cl)c4c5c(nc(OCC67CCCN6CCC7)nc5c3F)N3C[C@@H]5CC[C@@H](N5)[C@H]3CO4)c12. The lowest BCUT2D eigenvalue weighted by molar-refractivity contribution is 0.108. The molecule has 3 N–H and O–H groups in total. The Kier molecular flexibility index (Phi) is 6.17.